The second-order valence-corrected chi connectivity index (χ2v) is 4.25. The van der Waals surface area contributed by atoms with Crippen LogP contribution < -0.4 is 66.3 Å². The van der Waals surface area contributed by atoms with Crippen LogP contribution in [0.25, 0.3) is 0 Å². The molecule has 2 rings (SSSR count). The fourth-order valence-corrected chi connectivity index (χ4v) is 1.78. The molecule has 0 unspecified atom stereocenters. The van der Waals surface area contributed by atoms with Gasteiger partial charge >= 0.3 is 58.4 Å². The summed E-state index contributed by atoms with van der Waals surface area (Å²) < 4.78 is 49.2. The number of methoxy groups -OCH3 is 1. The summed E-state index contributed by atoms with van der Waals surface area (Å²) in [6, 6.07) is 12.7. The molecular formula is C14H13BF3KO2. The van der Waals surface area contributed by atoms with Crippen molar-refractivity contribution < 1.29 is 73.8 Å². The summed E-state index contributed by atoms with van der Waals surface area (Å²) in [6.07, 6.45) is 0. The van der Waals surface area contributed by atoms with E-state index in [9.17, 15) is 12.9 Å². The van der Waals surface area contributed by atoms with Gasteiger partial charge < -0.3 is 22.4 Å². The molecule has 106 valence electrons. The van der Waals surface area contributed by atoms with Gasteiger partial charge in [-0.05, 0) is 23.8 Å². The van der Waals surface area contributed by atoms with Crippen LogP contribution in [0, 0.1) is 0 Å². The monoisotopic (exact) mass is 320 g/mol. The average Bonchev–Trinajstić information content (AvgIpc) is 2.45. The number of hydrogen-bond donors (Lipinski definition) is 0. The fraction of sp³-hybridized carbons (Fsp3) is 0.143. The van der Waals surface area contributed by atoms with Crippen LogP contribution >= 0.6 is 0 Å². The standard InChI is InChI=1S/C14H13BF3O2.K/c1-19-12-7-8-14(13(9-12)15(16,17)18)20-10-11-5-3-2-4-6-11;/h2-9H,10H2,1H3;/q-1;+1. The van der Waals surface area contributed by atoms with Crippen LogP contribution in [0.2, 0.25) is 0 Å². The topological polar surface area (TPSA) is 18.5 Å². The Morgan fingerprint density at radius 1 is 1.00 bits per heavy atom. The largest absolute Gasteiger partial charge is 1.00 e. The van der Waals surface area contributed by atoms with Crippen LogP contribution in [0.15, 0.2) is 48.5 Å². The number of halogens is 3. The Morgan fingerprint density at radius 2 is 1.67 bits per heavy atom. The fourth-order valence-electron chi connectivity index (χ4n) is 1.78. The molecule has 21 heavy (non-hydrogen) atoms. The maximum Gasteiger partial charge on any atom is 1.00 e. The van der Waals surface area contributed by atoms with Crippen molar-refractivity contribution in [2.45, 2.75) is 6.61 Å². The van der Waals surface area contributed by atoms with Crippen LogP contribution in [-0.4, -0.2) is 14.1 Å². The third kappa shape index (κ3) is 5.34. The Balaban J connectivity index is 0.00000220. The molecule has 2 aromatic carbocycles. The third-order valence-electron chi connectivity index (χ3n) is 2.81. The van der Waals surface area contributed by atoms with E-state index < -0.39 is 12.4 Å². The smallest absolute Gasteiger partial charge is 0.497 e. The van der Waals surface area contributed by atoms with E-state index in [0.29, 0.717) is 0 Å². The minimum absolute atomic E-state index is 0. The van der Waals surface area contributed by atoms with Crippen LogP contribution in [0.5, 0.6) is 11.5 Å². The Kier molecular flexibility index (Phi) is 7.29. The number of rotatable bonds is 5. The van der Waals surface area contributed by atoms with E-state index in [4.69, 9.17) is 9.47 Å². The second kappa shape index (κ2) is 8.24. The summed E-state index contributed by atoms with van der Waals surface area (Å²) in [5.74, 6) is -0.0200. The Morgan fingerprint density at radius 3 is 2.24 bits per heavy atom. The van der Waals surface area contributed by atoms with E-state index in [-0.39, 0.29) is 69.5 Å². The minimum Gasteiger partial charge on any atom is -0.497 e. The zero-order valence-corrected chi connectivity index (χ0v) is 15.0. The Bertz CT molecular complexity index is 576. The van der Waals surface area contributed by atoms with Gasteiger partial charge in [0.15, 0.2) is 0 Å². The zero-order valence-electron chi connectivity index (χ0n) is 11.9. The van der Waals surface area contributed by atoms with E-state index in [1.165, 1.54) is 19.2 Å². The van der Waals surface area contributed by atoms with Crippen molar-refractivity contribution in [3.8, 4) is 11.5 Å². The maximum absolute atomic E-state index is 13.0. The summed E-state index contributed by atoms with van der Waals surface area (Å²) in [6.45, 7) is -5.06. The van der Waals surface area contributed by atoms with Gasteiger partial charge in [0.25, 0.3) is 0 Å². The van der Waals surface area contributed by atoms with Gasteiger partial charge in [-0.15, -0.1) is 0 Å². The SMILES string of the molecule is COc1ccc(OCc2ccccc2)c([B-](F)(F)F)c1.[K+]. The first-order valence-corrected chi connectivity index (χ1v) is 6.05. The molecule has 0 amide bonds. The van der Waals surface area contributed by atoms with Crippen molar-refractivity contribution in [3.63, 3.8) is 0 Å². The molecule has 0 atom stereocenters. The Hall–Kier alpha value is -0.469. The predicted octanol–water partition coefficient (Wildman–Crippen LogP) is 0.333. The molecule has 0 spiro atoms. The van der Waals surface area contributed by atoms with Gasteiger partial charge in [0.05, 0.1) is 12.9 Å². The molecule has 0 radical (unpaired) electrons. The molecule has 0 aromatic heterocycles. The quantitative estimate of drug-likeness (QED) is 0.740. The van der Waals surface area contributed by atoms with E-state index in [0.717, 1.165) is 11.6 Å². The Labute approximate surface area is 164 Å². The van der Waals surface area contributed by atoms with Crippen molar-refractivity contribution >= 4 is 12.4 Å². The minimum atomic E-state index is -5.15. The predicted molar refractivity (Wildman–Crippen MR) is 72.5 cm³/mol. The average molecular weight is 320 g/mol. The van der Waals surface area contributed by atoms with Gasteiger partial charge in [-0.2, -0.15) is 0 Å². The molecule has 0 N–H and O–H groups in total. The third-order valence-corrected chi connectivity index (χ3v) is 2.81. The normalized spacial score (nSPS) is 10.7. The summed E-state index contributed by atoms with van der Waals surface area (Å²) in [5.41, 5.74) is 0.0317. The van der Waals surface area contributed by atoms with Gasteiger partial charge in [0.1, 0.15) is 12.4 Å². The van der Waals surface area contributed by atoms with Gasteiger partial charge in [0.2, 0.25) is 0 Å². The van der Waals surface area contributed by atoms with Gasteiger partial charge in [-0.3, -0.25) is 0 Å². The van der Waals surface area contributed by atoms with E-state index in [1.807, 2.05) is 6.07 Å². The number of ether oxygens (including phenoxy) is 2. The van der Waals surface area contributed by atoms with Crippen molar-refractivity contribution in [1.82, 2.24) is 0 Å². The molecule has 0 saturated carbocycles. The van der Waals surface area contributed by atoms with Crippen molar-refractivity contribution in [2.24, 2.45) is 0 Å². The van der Waals surface area contributed by atoms with Crippen molar-refractivity contribution in [1.29, 1.82) is 0 Å². The van der Waals surface area contributed by atoms with Crippen LogP contribution in [-0.2, 0) is 6.61 Å². The van der Waals surface area contributed by atoms with Crippen LogP contribution in [0.1, 0.15) is 5.56 Å². The van der Waals surface area contributed by atoms with Crippen molar-refractivity contribution in [3.05, 3.63) is 54.1 Å². The molecule has 0 heterocycles. The zero-order chi connectivity index (χ0) is 14.6. The molecule has 7 heteroatoms. The molecule has 2 aromatic rings. The van der Waals surface area contributed by atoms with Gasteiger partial charge in [-0.1, -0.05) is 35.8 Å². The molecule has 0 fully saturated rings. The van der Waals surface area contributed by atoms with E-state index >= 15 is 0 Å². The van der Waals surface area contributed by atoms with Crippen LogP contribution in [0.3, 0.4) is 0 Å². The van der Waals surface area contributed by atoms with Crippen molar-refractivity contribution in [2.75, 3.05) is 7.11 Å². The molecule has 0 aliphatic rings. The molecule has 0 saturated heterocycles. The van der Waals surface area contributed by atoms with E-state index in [1.54, 1.807) is 24.3 Å². The molecule has 0 aliphatic carbocycles. The van der Waals surface area contributed by atoms with Gasteiger partial charge in [-0.25, -0.2) is 0 Å². The van der Waals surface area contributed by atoms with E-state index in [2.05, 4.69) is 0 Å². The second-order valence-electron chi connectivity index (χ2n) is 4.25. The summed E-state index contributed by atoms with van der Waals surface area (Å²) in [4.78, 5) is 0. The molecule has 0 aliphatic heterocycles. The summed E-state index contributed by atoms with van der Waals surface area (Å²) >= 11 is 0. The first kappa shape index (κ1) is 18.6. The number of benzene rings is 2. The molecular weight excluding hydrogens is 307 g/mol. The van der Waals surface area contributed by atoms with Crippen LogP contribution in [0.4, 0.5) is 12.9 Å². The first-order chi connectivity index (χ1) is 9.50. The summed E-state index contributed by atoms with van der Waals surface area (Å²) in [7, 11) is 1.33. The first-order valence-electron chi connectivity index (χ1n) is 6.05. The summed E-state index contributed by atoms with van der Waals surface area (Å²) in [5, 5.41) is 0. The maximum atomic E-state index is 13.0. The number of hydrogen-bond acceptors (Lipinski definition) is 2. The molecule has 0 bridgehead atoms. The van der Waals surface area contributed by atoms with Gasteiger partial charge in [0, 0.05) is 0 Å². The molecule has 2 nitrogen and oxygen atoms in total.